The SMILES string of the molecule is NC(=O)c1ccc2c(c1)NC(=O)C(Cc1ccc(F)cc1)CN2. The van der Waals surface area contributed by atoms with E-state index in [4.69, 9.17) is 5.73 Å². The smallest absolute Gasteiger partial charge is 0.248 e. The van der Waals surface area contributed by atoms with E-state index >= 15 is 0 Å². The van der Waals surface area contributed by atoms with Crippen molar-refractivity contribution in [2.75, 3.05) is 17.2 Å². The molecule has 5 nitrogen and oxygen atoms in total. The Labute approximate surface area is 132 Å². The Morgan fingerprint density at radius 1 is 1.17 bits per heavy atom. The summed E-state index contributed by atoms with van der Waals surface area (Å²) in [5.74, 6) is -1.30. The number of amides is 2. The van der Waals surface area contributed by atoms with E-state index in [1.807, 2.05) is 0 Å². The number of primary amides is 1. The highest BCUT2D eigenvalue weighted by Gasteiger charge is 2.24. The maximum absolute atomic E-state index is 13.0. The lowest BCUT2D eigenvalue weighted by molar-refractivity contribution is -0.119. The number of fused-ring (bicyclic) bond motifs is 1. The molecule has 1 atom stereocenters. The standard InChI is InChI=1S/C17H16FN3O2/c18-13-4-1-10(2-5-13)7-12-9-20-14-6-3-11(16(19)22)8-15(14)21-17(12)23/h1-6,8,12,20H,7,9H2,(H2,19,22)(H,21,23). The molecule has 1 aliphatic rings. The number of carbonyl (C=O) groups excluding carboxylic acids is 2. The molecule has 1 aliphatic heterocycles. The van der Waals surface area contributed by atoms with Crippen molar-refractivity contribution < 1.29 is 14.0 Å². The van der Waals surface area contributed by atoms with E-state index in [1.165, 1.54) is 12.1 Å². The number of hydrogen-bond acceptors (Lipinski definition) is 3. The summed E-state index contributed by atoms with van der Waals surface area (Å²) in [7, 11) is 0. The third-order valence-corrected chi connectivity index (χ3v) is 3.87. The van der Waals surface area contributed by atoms with Gasteiger partial charge in [-0.25, -0.2) is 4.39 Å². The van der Waals surface area contributed by atoms with Gasteiger partial charge in [-0.15, -0.1) is 0 Å². The zero-order chi connectivity index (χ0) is 16.4. The molecular weight excluding hydrogens is 297 g/mol. The molecule has 1 unspecified atom stereocenters. The van der Waals surface area contributed by atoms with E-state index in [9.17, 15) is 14.0 Å². The van der Waals surface area contributed by atoms with Gasteiger partial charge in [-0.3, -0.25) is 9.59 Å². The van der Waals surface area contributed by atoms with Crippen LogP contribution < -0.4 is 16.4 Å². The topological polar surface area (TPSA) is 84.2 Å². The molecule has 6 heteroatoms. The number of benzene rings is 2. The van der Waals surface area contributed by atoms with Crippen molar-refractivity contribution in [1.82, 2.24) is 0 Å². The molecule has 118 valence electrons. The minimum atomic E-state index is -0.547. The number of halogens is 1. The van der Waals surface area contributed by atoms with Gasteiger partial charge in [0.2, 0.25) is 11.8 Å². The van der Waals surface area contributed by atoms with Gasteiger partial charge in [-0.2, -0.15) is 0 Å². The second-order valence-corrected chi connectivity index (χ2v) is 5.52. The molecule has 0 aliphatic carbocycles. The maximum Gasteiger partial charge on any atom is 0.248 e. The van der Waals surface area contributed by atoms with Crippen LogP contribution >= 0.6 is 0 Å². The highest BCUT2D eigenvalue weighted by Crippen LogP contribution is 2.27. The monoisotopic (exact) mass is 313 g/mol. The Bertz CT molecular complexity index is 759. The van der Waals surface area contributed by atoms with Gasteiger partial charge in [0.1, 0.15) is 5.82 Å². The average Bonchev–Trinajstić information content (AvgIpc) is 2.68. The molecular formula is C17H16FN3O2. The minimum Gasteiger partial charge on any atom is -0.383 e. The first-order valence-corrected chi connectivity index (χ1v) is 7.26. The normalized spacial score (nSPS) is 16.7. The van der Waals surface area contributed by atoms with E-state index in [2.05, 4.69) is 10.6 Å². The summed E-state index contributed by atoms with van der Waals surface area (Å²) in [6, 6.07) is 11.0. The van der Waals surface area contributed by atoms with Crippen molar-refractivity contribution in [2.24, 2.45) is 11.7 Å². The Hall–Kier alpha value is -2.89. The molecule has 4 N–H and O–H groups in total. The third kappa shape index (κ3) is 3.31. The lowest BCUT2D eigenvalue weighted by Gasteiger charge is -2.13. The van der Waals surface area contributed by atoms with Gasteiger partial charge in [0.15, 0.2) is 0 Å². The van der Waals surface area contributed by atoms with Crippen molar-refractivity contribution >= 4 is 23.2 Å². The summed E-state index contributed by atoms with van der Waals surface area (Å²) in [6.45, 7) is 0.451. The second kappa shape index (κ2) is 6.08. The first-order chi connectivity index (χ1) is 11.0. The molecule has 0 fully saturated rings. The summed E-state index contributed by atoms with van der Waals surface area (Å²) in [5.41, 5.74) is 7.76. The predicted octanol–water partition coefficient (Wildman–Crippen LogP) is 2.15. The van der Waals surface area contributed by atoms with Gasteiger partial charge >= 0.3 is 0 Å². The van der Waals surface area contributed by atoms with Gasteiger partial charge < -0.3 is 16.4 Å². The van der Waals surface area contributed by atoms with Crippen molar-refractivity contribution in [2.45, 2.75) is 6.42 Å². The molecule has 0 spiro atoms. The van der Waals surface area contributed by atoms with Gasteiger partial charge in [-0.05, 0) is 42.3 Å². The van der Waals surface area contributed by atoms with E-state index < -0.39 is 5.91 Å². The number of hydrogen-bond donors (Lipinski definition) is 3. The molecule has 2 aromatic rings. The van der Waals surface area contributed by atoms with Crippen LogP contribution in [-0.4, -0.2) is 18.4 Å². The van der Waals surface area contributed by atoms with Gasteiger partial charge in [0.05, 0.1) is 17.3 Å². The fourth-order valence-corrected chi connectivity index (χ4v) is 2.59. The second-order valence-electron chi connectivity index (χ2n) is 5.52. The van der Waals surface area contributed by atoms with Gasteiger partial charge in [-0.1, -0.05) is 12.1 Å². The maximum atomic E-state index is 13.0. The van der Waals surface area contributed by atoms with E-state index in [1.54, 1.807) is 30.3 Å². The molecule has 0 saturated heterocycles. The Kier molecular flexibility index (Phi) is 3.97. The zero-order valence-corrected chi connectivity index (χ0v) is 12.3. The van der Waals surface area contributed by atoms with Crippen LogP contribution in [0.4, 0.5) is 15.8 Å². The van der Waals surface area contributed by atoms with Crippen molar-refractivity contribution in [3.05, 3.63) is 59.4 Å². The van der Waals surface area contributed by atoms with Crippen LogP contribution in [0.5, 0.6) is 0 Å². The van der Waals surface area contributed by atoms with E-state index in [0.29, 0.717) is 24.2 Å². The largest absolute Gasteiger partial charge is 0.383 e. The lowest BCUT2D eigenvalue weighted by Crippen LogP contribution is -2.27. The quantitative estimate of drug-likeness (QED) is 0.812. The Morgan fingerprint density at radius 2 is 1.91 bits per heavy atom. The molecule has 0 aromatic heterocycles. The van der Waals surface area contributed by atoms with E-state index in [-0.39, 0.29) is 17.6 Å². The zero-order valence-electron chi connectivity index (χ0n) is 12.3. The van der Waals surface area contributed by atoms with Gasteiger partial charge in [0, 0.05) is 12.1 Å². The highest BCUT2D eigenvalue weighted by molar-refractivity contribution is 6.01. The van der Waals surface area contributed by atoms with Crippen molar-refractivity contribution in [3.8, 4) is 0 Å². The Morgan fingerprint density at radius 3 is 2.61 bits per heavy atom. The molecule has 0 radical (unpaired) electrons. The van der Waals surface area contributed by atoms with Crippen LogP contribution in [0.3, 0.4) is 0 Å². The van der Waals surface area contributed by atoms with Crippen LogP contribution in [0.25, 0.3) is 0 Å². The summed E-state index contributed by atoms with van der Waals surface area (Å²) >= 11 is 0. The molecule has 23 heavy (non-hydrogen) atoms. The fraction of sp³-hybridized carbons (Fsp3) is 0.176. The number of anilines is 2. The van der Waals surface area contributed by atoms with Crippen LogP contribution in [0, 0.1) is 11.7 Å². The lowest BCUT2D eigenvalue weighted by atomic mass is 9.98. The summed E-state index contributed by atoms with van der Waals surface area (Å²) in [4.78, 5) is 23.6. The fourth-order valence-electron chi connectivity index (χ4n) is 2.59. The van der Waals surface area contributed by atoms with Crippen molar-refractivity contribution in [3.63, 3.8) is 0 Å². The summed E-state index contributed by atoms with van der Waals surface area (Å²) in [6.07, 6.45) is 0.496. The molecule has 2 amide bonds. The van der Waals surface area contributed by atoms with Gasteiger partial charge in [0.25, 0.3) is 0 Å². The molecule has 1 heterocycles. The summed E-state index contributed by atoms with van der Waals surface area (Å²) < 4.78 is 13.0. The molecule has 0 bridgehead atoms. The number of nitrogens with two attached hydrogens (primary N) is 1. The van der Waals surface area contributed by atoms with Crippen LogP contribution in [0.15, 0.2) is 42.5 Å². The summed E-state index contributed by atoms with van der Waals surface area (Å²) in [5, 5.41) is 6.01. The first-order valence-electron chi connectivity index (χ1n) is 7.26. The van der Waals surface area contributed by atoms with Crippen molar-refractivity contribution in [1.29, 1.82) is 0 Å². The highest BCUT2D eigenvalue weighted by atomic mass is 19.1. The predicted molar refractivity (Wildman–Crippen MR) is 85.7 cm³/mol. The molecule has 3 rings (SSSR count). The number of rotatable bonds is 3. The minimum absolute atomic E-state index is 0.151. The van der Waals surface area contributed by atoms with Crippen LogP contribution in [-0.2, 0) is 11.2 Å². The first kappa shape index (κ1) is 15.0. The molecule has 2 aromatic carbocycles. The number of nitrogens with one attached hydrogen (secondary N) is 2. The van der Waals surface area contributed by atoms with E-state index in [0.717, 1.165) is 11.3 Å². The molecule has 0 saturated carbocycles. The van der Waals surface area contributed by atoms with Crippen LogP contribution in [0.2, 0.25) is 0 Å². The number of carbonyl (C=O) groups is 2. The average molecular weight is 313 g/mol. The Balaban J connectivity index is 1.79. The third-order valence-electron chi connectivity index (χ3n) is 3.87. The van der Waals surface area contributed by atoms with Crippen LogP contribution in [0.1, 0.15) is 15.9 Å².